The molecule has 0 atom stereocenters. The summed E-state index contributed by atoms with van der Waals surface area (Å²) in [5, 5.41) is 1.08. The van der Waals surface area contributed by atoms with Gasteiger partial charge in [-0.25, -0.2) is 0 Å². The van der Waals surface area contributed by atoms with Gasteiger partial charge in [0.1, 0.15) is 4.32 Å². The van der Waals surface area contributed by atoms with E-state index in [1.54, 1.807) is 17.3 Å². The van der Waals surface area contributed by atoms with Crippen LogP contribution in [0.15, 0.2) is 87.0 Å². The van der Waals surface area contributed by atoms with Crippen molar-refractivity contribution >= 4 is 83.0 Å². The van der Waals surface area contributed by atoms with Crippen LogP contribution in [0.2, 0.25) is 0 Å². The fourth-order valence-electron chi connectivity index (χ4n) is 3.78. The second-order valence-electron chi connectivity index (χ2n) is 7.63. The summed E-state index contributed by atoms with van der Waals surface area (Å²) >= 11 is 13.9. The number of pyridine rings is 1. The number of thiocarbonyl (C=S) groups is 1. The van der Waals surface area contributed by atoms with Gasteiger partial charge < -0.3 is 4.57 Å². The van der Waals surface area contributed by atoms with E-state index in [1.807, 2.05) is 36.4 Å². The van der Waals surface area contributed by atoms with E-state index in [1.165, 1.54) is 17.3 Å². The van der Waals surface area contributed by atoms with Crippen molar-refractivity contribution in [3.63, 3.8) is 0 Å². The Bertz CT molecular complexity index is 1400. The quantitative estimate of drug-likeness (QED) is 0.183. The Morgan fingerprint density at radius 1 is 1.00 bits per heavy atom. The zero-order chi connectivity index (χ0) is 22.9. The molecule has 1 saturated heterocycles. The molecule has 0 radical (unpaired) electrons. The van der Waals surface area contributed by atoms with Crippen LogP contribution in [0.1, 0.15) is 16.7 Å². The normalized spacial score (nSPS) is 15.2. The van der Waals surface area contributed by atoms with E-state index in [4.69, 9.17) is 12.2 Å². The molecule has 4 nitrogen and oxygen atoms in total. The number of hydrogen-bond acceptors (Lipinski definition) is 4. The van der Waals surface area contributed by atoms with E-state index in [2.05, 4.69) is 71.9 Å². The Morgan fingerprint density at radius 2 is 1.79 bits per heavy atom. The Labute approximate surface area is 217 Å². The predicted octanol–water partition coefficient (Wildman–Crippen LogP) is 7.01. The predicted molar refractivity (Wildman–Crippen MR) is 146 cm³/mol. The van der Waals surface area contributed by atoms with Crippen molar-refractivity contribution in [2.75, 3.05) is 0 Å². The van der Waals surface area contributed by atoms with Crippen LogP contribution >= 0.6 is 55.8 Å². The summed E-state index contributed by atoms with van der Waals surface area (Å²) in [6, 6.07) is 18.4. The lowest BCUT2D eigenvalue weighted by Crippen LogP contribution is -2.27. The second kappa shape index (κ2) is 9.54. The molecule has 2 aromatic carbocycles. The van der Waals surface area contributed by atoms with Gasteiger partial charge in [0.05, 0.1) is 11.4 Å². The third-order valence-electron chi connectivity index (χ3n) is 5.36. The summed E-state index contributed by atoms with van der Waals surface area (Å²) in [4.78, 5) is 19.6. The summed E-state index contributed by atoms with van der Waals surface area (Å²) in [7, 11) is 0. The SMILES string of the molecule is O=C1/C(=C/c2cn(Cc3ccc(Br)cc3)c3ccc(Br)cc23)SC(=S)N1Cc1cccnc1. The number of fused-ring (bicyclic) bond motifs is 1. The fraction of sp³-hybridized carbons (Fsp3) is 0.0800. The topological polar surface area (TPSA) is 38.1 Å². The molecule has 0 aliphatic carbocycles. The van der Waals surface area contributed by atoms with Crippen LogP contribution in [-0.4, -0.2) is 24.7 Å². The Kier molecular flexibility index (Phi) is 6.51. The third-order valence-corrected chi connectivity index (χ3v) is 7.76. The number of aromatic nitrogens is 2. The molecule has 0 saturated carbocycles. The molecular weight excluding hydrogens is 582 g/mol. The molecule has 1 aliphatic rings. The van der Waals surface area contributed by atoms with Gasteiger partial charge in [-0.15, -0.1) is 0 Å². The zero-order valence-electron chi connectivity index (χ0n) is 17.2. The van der Waals surface area contributed by atoms with Gasteiger partial charge >= 0.3 is 0 Å². The van der Waals surface area contributed by atoms with E-state index >= 15 is 0 Å². The standard InChI is InChI=1S/C25H17Br2N3OS2/c26-19-5-3-16(4-6-19)13-29-15-18(21-11-20(27)7-8-22(21)29)10-23-24(31)30(25(32)33-23)14-17-2-1-9-28-12-17/h1-12,15H,13-14H2/b23-10-. The van der Waals surface area contributed by atoms with Crippen molar-refractivity contribution in [2.45, 2.75) is 13.1 Å². The van der Waals surface area contributed by atoms with Crippen molar-refractivity contribution in [3.8, 4) is 0 Å². The molecular formula is C25H17Br2N3OS2. The molecule has 164 valence electrons. The van der Waals surface area contributed by atoms with E-state index in [0.29, 0.717) is 15.8 Å². The fourth-order valence-corrected chi connectivity index (χ4v) is 5.65. The Balaban J connectivity index is 1.49. The maximum absolute atomic E-state index is 13.2. The van der Waals surface area contributed by atoms with Gasteiger partial charge in [-0.05, 0) is 53.6 Å². The lowest BCUT2D eigenvalue weighted by Gasteiger charge is -2.13. The molecule has 1 amide bonds. The van der Waals surface area contributed by atoms with Gasteiger partial charge in [-0.2, -0.15) is 0 Å². The van der Waals surface area contributed by atoms with Crippen LogP contribution in [0.5, 0.6) is 0 Å². The number of carbonyl (C=O) groups is 1. The van der Waals surface area contributed by atoms with Crippen LogP contribution < -0.4 is 0 Å². The molecule has 0 N–H and O–H groups in total. The monoisotopic (exact) mass is 597 g/mol. The first kappa shape index (κ1) is 22.5. The van der Waals surface area contributed by atoms with Crippen molar-refractivity contribution in [3.05, 3.63) is 104 Å². The molecule has 2 aromatic heterocycles. The van der Waals surface area contributed by atoms with E-state index in [9.17, 15) is 4.79 Å². The van der Waals surface area contributed by atoms with E-state index < -0.39 is 0 Å². The van der Waals surface area contributed by atoms with Crippen LogP contribution in [-0.2, 0) is 17.9 Å². The third kappa shape index (κ3) is 4.84. The molecule has 8 heteroatoms. The van der Waals surface area contributed by atoms with E-state index in [0.717, 1.165) is 37.5 Å². The van der Waals surface area contributed by atoms with Gasteiger partial charge in [0.2, 0.25) is 0 Å². The maximum atomic E-state index is 13.2. The number of nitrogens with zero attached hydrogens (tertiary/aromatic N) is 3. The molecule has 5 rings (SSSR count). The van der Waals surface area contributed by atoms with Crippen molar-refractivity contribution in [1.29, 1.82) is 0 Å². The summed E-state index contributed by atoms with van der Waals surface area (Å²) in [6.07, 6.45) is 7.54. The van der Waals surface area contributed by atoms with Crippen LogP contribution in [0.25, 0.3) is 17.0 Å². The molecule has 0 bridgehead atoms. The number of thioether (sulfide) groups is 1. The van der Waals surface area contributed by atoms with Crippen LogP contribution in [0.4, 0.5) is 0 Å². The number of hydrogen-bond donors (Lipinski definition) is 0. The highest BCUT2D eigenvalue weighted by Gasteiger charge is 2.32. The zero-order valence-corrected chi connectivity index (χ0v) is 22.0. The number of carbonyl (C=O) groups excluding carboxylic acids is 1. The first-order valence-corrected chi connectivity index (χ1v) is 13.0. The summed E-state index contributed by atoms with van der Waals surface area (Å²) in [5.74, 6) is -0.0716. The van der Waals surface area contributed by atoms with Crippen LogP contribution in [0, 0.1) is 0 Å². The maximum Gasteiger partial charge on any atom is 0.266 e. The average molecular weight is 599 g/mol. The van der Waals surface area contributed by atoms with Gasteiger partial charge in [0.15, 0.2) is 0 Å². The molecule has 33 heavy (non-hydrogen) atoms. The molecule has 0 spiro atoms. The summed E-state index contributed by atoms with van der Waals surface area (Å²) in [5.41, 5.74) is 4.25. The highest BCUT2D eigenvalue weighted by Crippen LogP contribution is 2.36. The molecule has 3 heterocycles. The largest absolute Gasteiger partial charge is 0.342 e. The number of benzene rings is 2. The van der Waals surface area contributed by atoms with Gasteiger partial charge in [-0.1, -0.05) is 74.0 Å². The molecule has 4 aromatic rings. The van der Waals surface area contributed by atoms with Crippen molar-refractivity contribution < 1.29 is 4.79 Å². The first-order chi connectivity index (χ1) is 16.0. The van der Waals surface area contributed by atoms with Gasteiger partial charge in [0, 0.05) is 50.5 Å². The second-order valence-corrected chi connectivity index (χ2v) is 11.1. The molecule has 1 aliphatic heterocycles. The van der Waals surface area contributed by atoms with Gasteiger partial charge in [-0.3, -0.25) is 14.7 Å². The number of amides is 1. The van der Waals surface area contributed by atoms with Gasteiger partial charge in [0.25, 0.3) is 5.91 Å². The Morgan fingerprint density at radius 3 is 2.55 bits per heavy atom. The lowest BCUT2D eigenvalue weighted by atomic mass is 10.1. The minimum Gasteiger partial charge on any atom is -0.342 e. The Hall–Kier alpha value is -2.26. The smallest absolute Gasteiger partial charge is 0.266 e. The number of rotatable bonds is 5. The average Bonchev–Trinajstić information content (AvgIpc) is 3.27. The first-order valence-electron chi connectivity index (χ1n) is 10.1. The number of halogens is 2. The summed E-state index contributed by atoms with van der Waals surface area (Å²) in [6.45, 7) is 1.16. The van der Waals surface area contributed by atoms with Crippen molar-refractivity contribution in [2.24, 2.45) is 0 Å². The molecule has 1 fully saturated rings. The summed E-state index contributed by atoms with van der Waals surface area (Å²) < 4.78 is 4.83. The van der Waals surface area contributed by atoms with Crippen LogP contribution in [0.3, 0.4) is 0 Å². The highest BCUT2D eigenvalue weighted by molar-refractivity contribution is 9.10. The lowest BCUT2D eigenvalue weighted by molar-refractivity contribution is -0.122. The van der Waals surface area contributed by atoms with Crippen molar-refractivity contribution in [1.82, 2.24) is 14.5 Å². The minimum absolute atomic E-state index is 0.0716. The highest BCUT2D eigenvalue weighted by atomic mass is 79.9. The minimum atomic E-state index is -0.0716. The molecule has 0 unspecified atom stereocenters. The van der Waals surface area contributed by atoms with E-state index in [-0.39, 0.29) is 5.91 Å².